The lowest BCUT2D eigenvalue weighted by molar-refractivity contribution is -0.245. The number of nitriles is 1. The Hall–Kier alpha value is -2.55. The van der Waals surface area contributed by atoms with Crippen molar-refractivity contribution >= 4 is 27.0 Å². The molecule has 0 aromatic carbocycles. The van der Waals surface area contributed by atoms with E-state index in [0.29, 0.717) is 62.2 Å². The van der Waals surface area contributed by atoms with E-state index < -0.39 is 26.7 Å². The van der Waals surface area contributed by atoms with Crippen molar-refractivity contribution in [2.24, 2.45) is 0 Å². The summed E-state index contributed by atoms with van der Waals surface area (Å²) in [7, 11) is -3.19. The Morgan fingerprint density at radius 3 is 2.53 bits per heavy atom. The Bertz CT molecular complexity index is 1240. The van der Waals surface area contributed by atoms with E-state index in [1.165, 1.54) is 16.6 Å². The molecule has 2 aromatic rings. The van der Waals surface area contributed by atoms with Gasteiger partial charge in [0.05, 0.1) is 17.4 Å². The molecule has 0 amide bonds. The van der Waals surface area contributed by atoms with Gasteiger partial charge in [-0.25, -0.2) is 17.7 Å². The van der Waals surface area contributed by atoms with E-state index in [4.69, 9.17) is 0 Å². The largest absolute Gasteiger partial charge is 0.390 e. The first-order chi connectivity index (χ1) is 14.1. The van der Waals surface area contributed by atoms with Gasteiger partial charge in [-0.05, 0) is 18.9 Å². The summed E-state index contributed by atoms with van der Waals surface area (Å²) in [5.41, 5.74) is -1.08. The molecule has 0 radical (unpaired) electrons. The van der Waals surface area contributed by atoms with Gasteiger partial charge in [-0.2, -0.15) is 10.2 Å². The second-order valence-electron chi connectivity index (χ2n) is 8.84. The number of fused-ring (bicyclic) bond motifs is 1. The van der Waals surface area contributed by atoms with Crippen molar-refractivity contribution in [3.05, 3.63) is 28.2 Å². The molecule has 3 heterocycles. The lowest BCUT2D eigenvalue weighted by Gasteiger charge is -2.67. The molecule has 1 aliphatic heterocycles. The summed E-state index contributed by atoms with van der Waals surface area (Å²) < 4.78 is 26.4. The zero-order valence-corrected chi connectivity index (χ0v) is 17.3. The molecule has 6 rings (SSSR count). The van der Waals surface area contributed by atoms with Crippen molar-refractivity contribution in [2.75, 3.05) is 24.7 Å². The molecule has 0 unspecified atom stereocenters. The lowest BCUT2D eigenvalue weighted by atomic mass is 9.46. The maximum absolute atomic E-state index is 12.9. The number of sulfonamides is 1. The van der Waals surface area contributed by atoms with Gasteiger partial charge < -0.3 is 10.4 Å². The third kappa shape index (κ3) is 2.90. The van der Waals surface area contributed by atoms with Crippen molar-refractivity contribution in [1.82, 2.24) is 18.8 Å². The van der Waals surface area contributed by atoms with Gasteiger partial charge in [0.2, 0.25) is 16.0 Å². The molecule has 2 N–H and O–H groups in total. The minimum atomic E-state index is -3.19. The van der Waals surface area contributed by atoms with Crippen molar-refractivity contribution in [1.29, 1.82) is 5.26 Å². The van der Waals surface area contributed by atoms with E-state index in [-0.39, 0.29) is 11.6 Å². The van der Waals surface area contributed by atoms with Crippen LogP contribution in [0.3, 0.4) is 0 Å². The number of piperidine rings is 1. The summed E-state index contributed by atoms with van der Waals surface area (Å²) in [6, 6.07) is 3.48. The van der Waals surface area contributed by atoms with Crippen LogP contribution in [0.5, 0.6) is 0 Å². The predicted molar refractivity (Wildman–Crippen MR) is 108 cm³/mol. The van der Waals surface area contributed by atoms with Gasteiger partial charge in [0, 0.05) is 50.0 Å². The van der Waals surface area contributed by atoms with E-state index >= 15 is 0 Å². The van der Waals surface area contributed by atoms with E-state index in [0.717, 1.165) is 0 Å². The van der Waals surface area contributed by atoms with E-state index in [1.54, 1.807) is 10.8 Å². The van der Waals surface area contributed by atoms with Crippen LogP contribution in [-0.4, -0.2) is 63.4 Å². The van der Waals surface area contributed by atoms with Crippen molar-refractivity contribution in [2.45, 2.75) is 49.3 Å². The second kappa shape index (κ2) is 6.23. The molecule has 0 atom stereocenters. The van der Waals surface area contributed by atoms with Gasteiger partial charge in [-0.15, -0.1) is 0 Å². The highest BCUT2D eigenvalue weighted by Crippen LogP contribution is 2.65. The third-order valence-electron chi connectivity index (χ3n) is 6.57. The summed E-state index contributed by atoms with van der Waals surface area (Å²) in [6.45, 7) is 0.865. The molecule has 3 aliphatic carbocycles. The SMILES string of the molecule is CS(=O)(=O)N1CCC(Nc2ncc3cc(C#N)c(=O)n(C45CC(O)(C4)C5)c3n2)CC1. The van der Waals surface area contributed by atoms with Gasteiger partial charge in [-0.1, -0.05) is 0 Å². The van der Waals surface area contributed by atoms with Crippen LogP contribution in [-0.2, 0) is 15.6 Å². The van der Waals surface area contributed by atoms with Crippen LogP contribution in [0.25, 0.3) is 11.0 Å². The van der Waals surface area contributed by atoms with Gasteiger partial charge in [0.25, 0.3) is 5.56 Å². The Kier molecular flexibility index (Phi) is 4.03. The average Bonchev–Trinajstić information content (AvgIpc) is 2.64. The highest BCUT2D eigenvalue weighted by molar-refractivity contribution is 7.88. The Balaban J connectivity index is 1.46. The lowest BCUT2D eigenvalue weighted by Crippen LogP contribution is -2.74. The predicted octanol–water partition coefficient (Wildman–Crippen LogP) is 0.123. The fraction of sp³-hybridized carbons (Fsp3) is 0.579. The average molecular weight is 430 g/mol. The second-order valence-corrected chi connectivity index (χ2v) is 10.8. The zero-order valence-electron chi connectivity index (χ0n) is 16.5. The summed E-state index contributed by atoms with van der Waals surface area (Å²) >= 11 is 0. The Morgan fingerprint density at radius 2 is 1.97 bits per heavy atom. The number of aliphatic hydroxyl groups is 1. The molecule has 30 heavy (non-hydrogen) atoms. The van der Waals surface area contributed by atoms with Crippen LogP contribution >= 0.6 is 0 Å². The first-order valence-corrected chi connectivity index (χ1v) is 11.7. The topological polar surface area (TPSA) is 141 Å². The van der Waals surface area contributed by atoms with Crippen molar-refractivity contribution in [3.63, 3.8) is 0 Å². The molecule has 10 nitrogen and oxygen atoms in total. The van der Waals surface area contributed by atoms with Crippen molar-refractivity contribution in [3.8, 4) is 6.07 Å². The van der Waals surface area contributed by atoms with Gasteiger partial charge in [0.1, 0.15) is 17.3 Å². The summed E-state index contributed by atoms with van der Waals surface area (Å²) in [5, 5.41) is 23.4. The Morgan fingerprint density at radius 1 is 1.30 bits per heavy atom. The number of anilines is 1. The molecule has 11 heteroatoms. The third-order valence-corrected chi connectivity index (χ3v) is 7.87. The van der Waals surface area contributed by atoms with E-state index in [1.807, 2.05) is 6.07 Å². The minimum Gasteiger partial charge on any atom is -0.390 e. The number of hydrogen-bond acceptors (Lipinski definition) is 8. The summed E-state index contributed by atoms with van der Waals surface area (Å²) in [6.07, 6.45) is 5.52. The van der Waals surface area contributed by atoms with Crippen molar-refractivity contribution < 1.29 is 13.5 Å². The first-order valence-electron chi connectivity index (χ1n) is 9.90. The van der Waals surface area contributed by atoms with E-state index in [9.17, 15) is 23.6 Å². The maximum Gasteiger partial charge on any atom is 0.270 e. The molecule has 4 fully saturated rings. The van der Waals surface area contributed by atoms with Gasteiger partial charge in [0.15, 0.2) is 0 Å². The number of nitrogens with zero attached hydrogens (tertiary/aromatic N) is 5. The number of pyridine rings is 1. The van der Waals surface area contributed by atoms with Crippen LogP contribution in [0.1, 0.15) is 37.7 Å². The quantitative estimate of drug-likeness (QED) is 0.697. The standard InChI is InChI=1S/C19H22N6O4S/c1-30(28,29)24-4-2-14(3-5-24)22-17-21-8-13-6-12(7-20)16(26)25(15(13)23-17)18-9-19(27,10-18)11-18/h6,8,14,27H,2-5,9-11H2,1H3,(H,21,22,23). The highest BCUT2D eigenvalue weighted by Gasteiger charge is 2.69. The zero-order chi connectivity index (χ0) is 21.3. The van der Waals surface area contributed by atoms with Gasteiger partial charge in [-0.3, -0.25) is 9.36 Å². The van der Waals surface area contributed by atoms with Crippen LogP contribution in [0, 0.1) is 11.3 Å². The summed E-state index contributed by atoms with van der Waals surface area (Å²) in [5.74, 6) is 0.364. The van der Waals surface area contributed by atoms with E-state index in [2.05, 4.69) is 15.3 Å². The minimum absolute atomic E-state index is 0.0228. The van der Waals surface area contributed by atoms with Crippen LogP contribution in [0.2, 0.25) is 0 Å². The smallest absolute Gasteiger partial charge is 0.270 e. The Labute approximate surface area is 173 Å². The van der Waals surface area contributed by atoms with Crippen LogP contribution in [0.15, 0.2) is 17.1 Å². The molecule has 2 aromatic heterocycles. The fourth-order valence-electron chi connectivity index (χ4n) is 5.12. The number of hydrogen-bond donors (Lipinski definition) is 2. The molecular formula is C19H22N6O4S. The monoisotopic (exact) mass is 430 g/mol. The highest BCUT2D eigenvalue weighted by atomic mass is 32.2. The van der Waals surface area contributed by atoms with Crippen LogP contribution in [0.4, 0.5) is 5.95 Å². The van der Waals surface area contributed by atoms with Gasteiger partial charge >= 0.3 is 0 Å². The summed E-state index contributed by atoms with van der Waals surface area (Å²) in [4.78, 5) is 21.9. The maximum atomic E-state index is 12.9. The molecular weight excluding hydrogens is 408 g/mol. The number of nitrogens with one attached hydrogen (secondary N) is 1. The van der Waals surface area contributed by atoms with Crippen LogP contribution < -0.4 is 10.9 Å². The normalized spacial score (nSPS) is 29.1. The first kappa shape index (κ1) is 19.4. The molecule has 1 saturated heterocycles. The molecule has 4 aliphatic rings. The molecule has 158 valence electrons. The fourth-order valence-corrected chi connectivity index (χ4v) is 5.99. The molecule has 0 spiro atoms. The number of rotatable bonds is 4. The molecule has 3 saturated carbocycles. The number of aromatic nitrogens is 3. The molecule has 2 bridgehead atoms.